The second-order valence-corrected chi connectivity index (χ2v) is 4.46. The Labute approximate surface area is 95.0 Å². The third kappa shape index (κ3) is 3.08. The van der Waals surface area contributed by atoms with Crippen LogP contribution in [0.25, 0.3) is 0 Å². The van der Waals surface area contributed by atoms with Gasteiger partial charge in [0.1, 0.15) is 0 Å². The van der Waals surface area contributed by atoms with Crippen LogP contribution in [-0.4, -0.2) is 22.2 Å². The van der Waals surface area contributed by atoms with Gasteiger partial charge in [-0.15, -0.1) is 6.58 Å². The molecule has 4 nitrogen and oxygen atoms in total. The minimum absolute atomic E-state index is 0.212. The summed E-state index contributed by atoms with van der Waals surface area (Å²) in [5.74, 6) is -3.31. The Kier molecular flexibility index (Phi) is 4.52. The van der Waals surface area contributed by atoms with Crippen molar-refractivity contribution in [3.8, 4) is 0 Å². The van der Waals surface area contributed by atoms with Crippen molar-refractivity contribution in [1.82, 2.24) is 0 Å². The number of rotatable bonds is 5. The summed E-state index contributed by atoms with van der Waals surface area (Å²) in [5.41, 5.74) is 0. The maximum absolute atomic E-state index is 10.9. The van der Waals surface area contributed by atoms with Gasteiger partial charge in [0.2, 0.25) is 0 Å². The Balaban J connectivity index is 2.54. The van der Waals surface area contributed by atoms with Crippen LogP contribution in [0, 0.1) is 17.8 Å². The number of hydrogen-bond acceptors (Lipinski definition) is 2. The third-order valence-corrected chi connectivity index (χ3v) is 3.39. The topological polar surface area (TPSA) is 74.6 Å². The van der Waals surface area contributed by atoms with Crippen LogP contribution in [0.3, 0.4) is 0 Å². The zero-order chi connectivity index (χ0) is 12.1. The van der Waals surface area contributed by atoms with E-state index in [0.717, 1.165) is 19.3 Å². The van der Waals surface area contributed by atoms with Gasteiger partial charge in [-0.25, -0.2) is 0 Å². The molecule has 2 N–H and O–H groups in total. The van der Waals surface area contributed by atoms with Gasteiger partial charge in [-0.1, -0.05) is 6.08 Å². The van der Waals surface area contributed by atoms with Crippen molar-refractivity contribution in [2.75, 3.05) is 0 Å². The average molecular weight is 226 g/mol. The number of allylic oxidation sites excluding steroid dienone is 1. The zero-order valence-electron chi connectivity index (χ0n) is 9.26. The van der Waals surface area contributed by atoms with E-state index in [2.05, 4.69) is 6.58 Å². The first-order chi connectivity index (χ1) is 7.56. The van der Waals surface area contributed by atoms with E-state index >= 15 is 0 Å². The van der Waals surface area contributed by atoms with Gasteiger partial charge in [-0.3, -0.25) is 9.59 Å². The minimum Gasteiger partial charge on any atom is -0.481 e. The molecule has 0 heterocycles. The molecule has 0 bridgehead atoms. The predicted octanol–water partition coefficient (Wildman–Crippen LogP) is 2.15. The molecule has 0 aromatic carbocycles. The highest BCUT2D eigenvalue weighted by Gasteiger charge is 2.36. The molecular weight excluding hydrogens is 208 g/mol. The smallest absolute Gasteiger partial charge is 0.318 e. The van der Waals surface area contributed by atoms with Crippen molar-refractivity contribution in [3.63, 3.8) is 0 Å². The van der Waals surface area contributed by atoms with Gasteiger partial charge in [-0.2, -0.15) is 0 Å². The van der Waals surface area contributed by atoms with Crippen molar-refractivity contribution in [1.29, 1.82) is 0 Å². The molecule has 1 aliphatic carbocycles. The molecule has 0 unspecified atom stereocenters. The van der Waals surface area contributed by atoms with E-state index in [0.29, 0.717) is 18.8 Å². The molecule has 4 heteroatoms. The summed E-state index contributed by atoms with van der Waals surface area (Å²) in [6.45, 7) is 3.68. The number of carbonyl (C=O) groups is 2. The van der Waals surface area contributed by atoms with Crippen LogP contribution in [0.1, 0.15) is 32.1 Å². The lowest BCUT2D eigenvalue weighted by atomic mass is 9.75. The Morgan fingerprint density at radius 1 is 1.19 bits per heavy atom. The lowest BCUT2D eigenvalue weighted by Gasteiger charge is -2.29. The van der Waals surface area contributed by atoms with Gasteiger partial charge < -0.3 is 10.2 Å². The summed E-state index contributed by atoms with van der Waals surface area (Å²) in [6.07, 6.45) is 6.03. The largest absolute Gasteiger partial charge is 0.481 e. The first kappa shape index (κ1) is 12.7. The van der Waals surface area contributed by atoms with Gasteiger partial charge in [0, 0.05) is 0 Å². The molecule has 1 fully saturated rings. The van der Waals surface area contributed by atoms with Gasteiger partial charge in [-0.05, 0) is 43.9 Å². The average Bonchev–Trinajstić information content (AvgIpc) is 2.20. The molecule has 1 rings (SSSR count). The van der Waals surface area contributed by atoms with Crippen LogP contribution in [0.5, 0.6) is 0 Å². The van der Waals surface area contributed by atoms with Crippen LogP contribution in [0.4, 0.5) is 0 Å². The van der Waals surface area contributed by atoms with E-state index < -0.39 is 17.9 Å². The number of aliphatic carboxylic acids is 2. The van der Waals surface area contributed by atoms with Crippen molar-refractivity contribution < 1.29 is 19.8 Å². The van der Waals surface area contributed by atoms with Crippen LogP contribution >= 0.6 is 0 Å². The van der Waals surface area contributed by atoms with Crippen molar-refractivity contribution in [2.45, 2.75) is 32.1 Å². The summed E-state index contributed by atoms with van der Waals surface area (Å²) >= 11 is 0. The Morgan fingerprint density at radius 3 is 2.06 bits per heavy atom. The fourth-order valence-corrected chi connectivity index (χ4v) is 2.50. The quantitative estimate of drug-likeness (QED) is 0.556. The summed E-state index contributed by atoms with van der Waals surface area (Å²) in [7, 11) is 0. The molecule has 0 spiro atoms. The molecule has 0 saturated heterocycles. The van der Waals surface area contributed by atoms with Gasteiger partial charge in [0.15, 0.2) is 5.92 Å². The van der Waals surface area contributed by atoms with Crippen molar-refractivity contribution in [2.24, 2.45) is 17.8 Å². The summed E-state index contributed by atoms with van der Waals surface area (Å²) in [5, 5.41) is 17.7. The lowest BCUT2D eigenvalue weighted by Crippen LogP contribution is -2.33. The molecular formula is C12H18O4. The summed E-state index contributed by atoms with van der Waals surface area (Å²) in [4.78, 5) is 21.7. The normalized spacial score (nSPS) is 25.3. The summed E-state index contributed by atoms with van der Waals surface area (Å²) in [6, 6.07) is 0. The highest BCUT2D eigenvalue weighted by atomic mass is 16.4. The van der Waals surface area contributed by atoms with Crippen LogP contribution in [-0.2, 0) is 9.59 Å². The number of carboxylic acid groups (broad SMARTS) is 2. The maximum atomic E-state index is 10.9. The predicted molar refractivity (Wildman–Crippen MR) is 59.0 cm³/mol. The third-order valence-electron chi connectivity index (χ3n) is 3.39. The van der Waals surface area contributed by atoms with Crippen LogP contribution in [0.2, 0.25) is 0 Å². The van der Waals surface area contributed by atoms with Crippen molar-refractivity contribution in [3.05, 3.63) is 12.7 Å². The van der Waals surface area contributed by atoms with Crippen LogP contribution in [0.15, 0.2) is 12.7 Å². The second-order valence-electron chi connectivity index (χ2n) is 4.46. The zero-order valence-corrected chi connectivity index (χ0v) is 9.26. The van der Waals surface area contributed by atoms with Gasteiger partial charge in [0.05, 0.1) is 0 Å². The highest BCUT2D eigenvalue weighted by molar-refractivity contribution is 5.93. The van der Waals surface area contributed by atoms with E-state index in [1.165, 1.54) is 0 Å². The second kappa shape index (κ2) is 5.68. The number of hydrogen-bond donors (Lipinski definition) is 2. The minimum atomic E-state index is -1.23. The molecule has 0 aromatic rings. The first-order valence-electron chi connectivity index (χ1n) is 5.62. The van der Waals surface area contributed by atoms with Gasteiger partial charge in [0.25, 0.3) is 0 Å². The molecule has 0 aromatic heterocycles. The van der Waals surface area contributed by atoms with E-state index in [1.54, 1.807) is 0 Å². The maximum Gasteiger partial charge on any atom is 0.318 e. The SMILES string of the molecule is C=CCC1CCC(C(C(=O)O)C(=O)O)CC1. The van der Waals surface area contributed by atoms with E-state index in [9.17, 15) is 9.59 Å². The first-order valence-corrected chi connectivity index (χ1v) is 5.62. The highest BCUT2D eigenvalue weighted by Crippen LogP contribution is 2.35. The molecule has 0 amide bonds. The van der Waals surface area contributed by atoms with E-state index in [1.807, 2.05) is 6.08 Å². The molecule has 0 aliphatic heterocycles. The molecule has 16 heavy (non-hydrogen) atoms. The molecule has 0 radical (unpaired) electrons. The standard InChI is InChI=1S/C12H18O4/c1-2-3-8-4-6-9(7-5-8)10(11(13)14)12(15)16/h2,8-10H,1,3-7H2,(H,13,14)(H,15,16). The molecule has 90 valence electrons. The molecule has 1 aliphatic rings. The van der Waals surface area contributed by atoms with Crippen LogP contribution < -0.4 is 0 Å². The lowest BCUT2D eigenvalue weighted by molar-refractivity contribution is -0.158. The monoisotopic (exact) mass is 226 g/mol. The fraction of sp³-hybridized carbons (Fsp3) is 0.667. The van der Waals surface area contributed by atoms with Gasteiger partial charge >= 0.3 is 11.9 Å². The summed E-state index contributed by atoms with van der Waals surface area (Å²) < 4.78 is 0. The molecule has 0 atom stereocenters. The Bertz CT molecular complexity index is 263. The Hall–Kier alpha value is -1.32. The Morgan fingerprint density at radius 2 is 1.69 bits per heavy atom. The number of carboxylic acids is 2. The fourth-order valence-electron chi connectivity index (χ4n) is 2.50. The van der Waals surface area contributed by atoms with E-state index in [-0.39, 0.29) is 5.92 Å². The molecule has 1 saturated carbocycles. The van der Waals surface area contributed by atoms with Crippen molar-refractivity contribution >= 4 is 11.9 Å². The van der Waals surface area contributed by atoms with E-state index in [4.69, 9.17) is 10.2 Å².